The van der Waals surface area contributed by atoms with Gasteiger partial charge in [0.1, 0.15) is 0 Å². The molecule has 3 heteroatoms. The second-order valence-corrected chi connectivity index (χ2v) is 5.34. The van der Waals surface area contributed by atoms with Crippen LogP contribution in [0.25, 0.3) is 0 Å². The van der Waals surface area contributed by atoms with E-state index in [-0.39, 0.29) is 5.91 Å². The molecule has 1 aliphatic rings. The van der Waals surface area contributed by atoms with Crippen LogP contribution in [0.2, 0.25) is 0 Å². The molecule has 1 aliphatic carbocycles. The number of carbonyl (C=O) groups excluding carboxylic acids is 1. The maximum absolute atomic E-state index is 11.6. The number of likely N-dealkylation sites (N-methyl/N-ethyl adjacent to an activating group) is 1. The van der Waals surface area contributed by atoms with Crippen molar-refractivity contribution in [1.29, 1.82) is 0 Å². The van der Waals surface area contributed by atoms with Crippen molar-refractivity contribution in [2.45, 2.75) is 32.1 Å². The molecule has 0 saturated carbocycles. The van der Waals surface area contributed by atoms with Gasteiger partial charge in [0.25, 0.3) is 0 Å². The van der Waals surface area contributed by atoms with E-state index in [9.17, 15) is 4.79 Å². The summed E-state index contributed by atoms with van der Waals surface area (Å²) in [7, 11) is 1.85. The van der Waals surface area contributed by atoms with Gasteiger partial charge in [0.2, 0.25) is 5.91 Å². The topological polar surface area (TPSA) is 20.3 Å². The second kappa shape index (κ2) is 6.24. The second-order valence-electron chi connectivity index (χ2n) is 4.96. The molecule has 1 amide bonds. The number of hydrogen-bond acceptors (Lipinski definition) is 1. The van der Waals surface area contributed by atoms with Gasteiger partial charge in [-0.3, -0.25) is 4.79 Å². The third kappa shape index (κ3) is 3.26. The fourth-order valence-electron chi connectivity index (χ4n) is 2.47. The number of amides is 1. The minimum atomic E-state index is 0.131. The highest BCUT2D eigenvalue weighted by Crippen LogP contribution is 2.23. The summed E-state index contributed by atoms with van der Waals surface area (Å²) in [6, 6.07) is 6.75. The van der Waals surface area contributed by atoms with Crippen LogP contribution in [-0.4, -0.2) is 30.3 Å². The van der Waals surface area contributed by atoms with Crippen molar-refractivity contribution in [2.75, 3.05) is 19.5 Å². The SMILES string of the molecule is CN(CCc1ccc2c(c1)CCC2)C(=O)CCCl. The van der Waals surface area contributed by atoms with E-state index in [1.54, 1.807) is 4.90 Å². The van der Waals surface area contributed by atoms with E-state index in [0.717, 1.165) is 13.0 Å². The number of carbonyl (C=O) groups is 1. The van der Waals surface area contributed by atoms with Gasteiger partial charge < -0.3 is 4.90 Å². The lowest BCUT2D eigenvalue weighted by molar-refractivity contribution is -0.129. The predicted molar refractivity (Wildman–Crippen MR) is 75.1 cm³/mol. The van der Waals surface area contributed by atoms with Crippen LogP contribution in [0, 0.1) is 0 Å². The molecule has 2 rings (SSSR count). The summed E-state index contributed by atoms with van der Waals surface area (Å²) in [5.41, 5.74) is 4.34. The summed E-state index contributed by atoms with van der Waals surface area (Å²) >= 11 is 5.57. The van der Waals surface area contributed by atoms with Crippen LogP contribution >= 0.6 is 11.6 Å². The number of rotatable bonds is 5. The maximum Gasteiger partial charge on any atom is 0.223 e. The average molecular weight is 266 g/mol. The maximum atomic E-state index is 11.6. The molecule has 1 aromatic rings. The Bertz CT molecular complexity index is 431. The van der Waals surface area contributed by atoms with Gasteiger partial charge in [-0.1, -0.05) is 18.2 Å². The zero-order chi connectivity index (χ0) is 13.0. The summed E-state index contributed by atoms with van der Waals surface area (Å²) in [5.74, 6) is 0.535. The van der Waals surface area contributed by atoms with Gasteiger partial charge in [-0.2, -0.15) is 0 Å². The zero-order valence-corrected chi connectivity index (χ0v) is 11.7. The molecule has 98 valence electrons. The number of benzene rings is 1. The van der Waals surface area contributed by atoms with E-state index in [4.69, 9.17) is 11.6 Å². The highest BCUT2D eigenvalue weighted by Gasteiger charge is 2.12. The molecule has 0 N–H and O–H groups in total. The lowest BCUT2D eigenvalue weighted by Crippen LogP contribution is -2.28. The zero-order valence-electron chi connectivity index (χ0n) is 10.9. The lowest BCUT2D eigenvalue weighted by atomic mass is 10.0. The van der Waals surface area contributed by atoms with Crippen LogP contribution in [0.15, 0.2) is 18.2 Å². The summed E-state index contributed by atoms with van der Waals surface area (Å²) in [4.78, 5) is 13.4. The molecule has 0 aliphatic heterocycles. The monoisotopic (exact) mass is 265 g/mol. The first kappa shape index (κ1) is 13.4. The molecule has 18 heavy (non-hydrogen) atoms. The molecule has 0 saturated heterocycles. The van der Waals surface area contributed by atoms with Crippen molar-refractivity contribution < 1.29 is 4.79 Å². The van der Waals surface area contributed by atoms with Gasteiger partial charge in [-0.15, -0.1) is 11.6 Å². The molecule has 2 nitrogen and oxygen atoms in total. The Kier molecular flexibility index (Phi) is 4.65. The Balaban J connectivity index is 1.88. The van der Waals surface area contributed by atoms with Gasteiger partial charge >= 0.3 is 0 Å². The third-order valence-corrected chi connectivity index (χ3v) is 3.82. The minimum absolute atomic E-state index is 0.131. The van der Waals surface area contributed by atoms with Gasteiger partial charge in [-0.25, -0.2) is 0 Å². The first-order valence-corrected chi connectivity index (χ1v) is 7.15. The summed E-state index contributed by atoms with van der Waals surface area (Å²) < 4.78 is 0. The Morgan fingerprint density at radius 3 is 2.89 bits per heavy atom. The molecule has 0 spiro atoms. The smallest absolute Gasteiger partial charge is 0.223 e. The molecular weight excluding hydrogens is 246 g/mol. The number of aryl methyl sites for hydroxylation is 2. The van der Waals surface area contributed by atoms with Crippen LogP contribution in [0.4, 0.5) is 0 Å². The van der Waals surface area contributed by atoms with Gasteiger partial charge in [0.05, 0.1) is 0 Å². The first-order valence-electron chi connectivity index (χ1n) is 6.61. The number of fused-ring (bicyclic) bond motifs is 1. The van der Waals surface area contributed by atoms with Crippen LogP contribution in [0.3, 0.4) is 0 Å². The molecule has 0 fully saturated rings. The predicted octanol–water partition coefficient (Wildman–Crippen LogP) is 2.81. The Hall–Kier alpha value is -1.02. The van der Waals surface area contributed by atoms with E-state index < -0.39 is 0 Å². The van der Waals surface area contributed by atoms with Crippen molar-refractivity contribution >= 4 is 17.5 Å². The van der Waals surface area contributed by atoms with E-state index in [1.807, 2.05) is 7.05 Å². The average Bonchev–Trinajstić information content (AvgIpc) is 2.83. The molecule has 0 unspecified atom stereocenters. The van der Waals surface area contributed by atoms with Crippen LogP contribution in [0.5, 0.6) is 0 Å². The highest BCUT2D eigenvalue weighted by atomic mass is 35.5. The number of alkyl halides is 1. The van der Waals surface area contributed by atoms with Crippen molar-refractivity contribution in [3.63, 3.8) is 0 Å². The van der Waals surface area contributed by atoms with E-state index in [1.165, 1.54) is 36.0 Å². The molecule has 0 radical (unpaired) electrons. The summed E-state index contributed by atoms with van der Waals surface area (Å²) in [6.45, 7) is 0.772. The Morgan fingerprint density at radius 2 is 2.11 bits per heavy atom. The Morgan fingerprint density at radius 1 is 1.33 bits per heavy atom. The van der Waals surface area contributed by atoms with Crippen LogP contribution in [-0.2, 0) is 24.1 Å². The van der Waals surface area contributed by atoms with E-state index in [2.05, 4.69) is 18.2 Å². The quantitative estimate of drug-likeness (QED) is 0.750. The molecule has 0 heterocycles. The van der Waals surface area contributed by atoms with E-state index in [0.29, 0.717) is 12.3 Å². The fourth-order valence-corrected chi connectivity index (χ4v) is 2.64. The normalized spacial score (nSPS) is 13.4. The fraction of sp³-hybridized carbons (Fsp3) is 0.533. The third-order valence-electron chi connectivity index (χ3n) is 3.63. The molecule has 0 bridgehead atoms. The lowest BCUT2D eigenvalue weighted by Gasteiger charge is -2.16. The van der Waals surface area contributed by atoms with Gasteiger partial charge in [-0.05, 0) is 42.4 Å². The Labute approximate surface area is 114 Å². The first-order chi connectivity index (χ1) is 8.70. The number of hydrogen-bond donors (Lipinski definition) is 0. The molecular formula is C15H20ClNO. The largest absolute Gasteiger partial charge is 0.345 e. The van der Waals surface area contributed by atoms with Crippen molar-refractivity contribution in [3.8, 4) is 0 Å². The number of nitrogens with zero attached hydrogens (tertiary/aromatic N) is 1. The highest BCUT2D eigenvalue weighted by molar-refractivity contribution is 6.18. The minimum Gasteiger partial charge on any atom is -0.345 e. The van der Waals surface area contributed by atoms with Gasteiger partial charge in [0, 0.05) is 25.9 Å². The van der Waals surface area contributed by atoms with E-state index >= 15 is 0 Å². The summed E-state index contributed by atoms with van der Waals surface area (Å²) in [6.07, 6.45) is 5.08. The molecule has 0 atom stereocenters. The van der Waals surface area contributed by atoms with Gasteiger partial charge in [0.15, 0.2) is 0 Å². The van der Waals surface area contributed by atoms with Crippen LogP contribution < -0.4 is 0 Å². The van der Waals surface area contributed by atoms with Crippen molar-refractivity contribution in [1.82, 2.24) is 4.90 Å². The molecule has 0 aromatic heterocycles. The molecule has 1 aromatic carbocycles. The van der Waals surface area contributed by atoms with Crippen LogP contribution in [0.1, 0.15) is 29.5 Å². The van der Waals surface area contributed by atoms with Crippen molar-refractivity contribution in [3.05, 3.63) is 34.9 Å². The van der Waals surface area contributed by atoms with Crippen molar-refractivity contribution in [2.24, 2.45) is 0 Å². The summed E-state index contributed by atoms with van der Waals surface area (Å²) in [5, 5.41) is 0. The standard InChI is InChI=1S/C15H20ClNO/c1-17(15(18)7-9-16)10-8-12-5-6-13-3-2-4-14(13)11-12/h5-6,11H,2-4,7-10H2,1H3. The number of halogens is 1.